The van der Waals surface area contributed by atoms with Crippen LogP contribution in [0.3, 0.4) is 0 Å². The van der Waals surface area contributed by atoms with Crippen molar-refractivity contribution in [3.8, 4) is 11.8 Å². The van der Waals surface area contributed by atoms with E-state index in [1.54, 1.807) is 24.3 Å². The fourth-order valence-corrected chi connectivity index (χ4v) is 3.74. The zero-order valence-electron chi connectivity index (χ0n) is 18.7. The number of benzene rings is 3. The smallest absolute Gasteiger partial charge is 0.266 e. The van der Waals surface area contributed by atoms with E-state index in [9.17, 15) is 10.1 Å². The van der Waals surface area contributed by atoms with E-state index >= 15 is 0 Å². The predicted octanol–water partition coefficient (Wildman–Crippen LogP) is 5.94. The Balaban J connectivity index is 1.63. The molecule has 0 saturated heterocycles. The van der Waals surface area contributed by atoms with Crippen LogP contribution in [0.25, 0.3) is 17.0 Å². The van der Waals surface area contributed by atoms with Crippen molar-refractivity contribution in [2.75, 3.05) is 11.9 Å². The summed E-state index contributed by atoms with van der Waals surface area (Å²) in [6, 6.07) is 25.6. The average Bonchev–Trinajstić information content (AvgIpc) is 3.16. The Hall–Kier alpha value is -4.30. The lowest BCUT2D eigenvalue weighted by molar-refractivity contribution is -0.112. The van der Waals surface area contributed by atoms with Gasteiger partial charge < -0.3 is 14.6 Å². The first kappa shape index (κ1) is 21.9. The molecule has 4 aromatic rings. The van der Waals surface area contributed by atoms with Crippen LogP contribution in [0.1, 0.15) is 23.6 Å². The van der Waals surface area contributed by atoms with Crippen LogP contribution in [0.2, 0.25) is 0 Å². The Bertz CT molecular complexity index is 1360. The van der Waals surface area contributed by atoms with Gasteiger partial charge in [0.05, 0.1) is 6.61 Å². The minimum absolute atomic E-state index is 0.0371. The molecule has 0 aliphatic carbocycles. The highest BCUT2D eigenvalue weighted by molar-refractivity contribution is 6.10. The van der Waals surface area contributed by atoms with Crippen LogP contribution >= 0.6 is 0 Å². The molecular weight excluding hydrogens is 410 g/mol. The van der Waals surface area contributed by atoms with E-state index in [1.165, 1.54) is 11.1 Å². The van der Waals surface area contributed by atoms with E-state index in [0.29, 0.717) is 24.6 Å². The van der Waals surface area contributed by atoms with Gasteiger partial charge in [0, 0.05) is 41.0 Å². The van der Waals surface area contributed by atoms with Crippen molar-refractivity contribution in [2.45, 2.75) is 20.4 Å². The summed E-state index contributed by atoms with van der Waals surface area (Å²) in [6.07, 6.45) is 3.64. The van der Waals surface area contributed by atoms with Crippen molar-refractivity contribution in [2.24, 2.45) is 0 Å². The summed E-state index contributed by atoms with van der Waals surface area (Å²) in [5.74, 6) is 0.207. The summed E-state index contributed by atoms with van der Waals surface area (Å²) >= 11 is 0. The van der Waals surface area contributed by atoms with Gasteiger partial charge in [0.25, 0.3) is 5.91 Å². The summed E-state index contributed by atoms with van der Waals surface area (Å²) < 4.78 is 7.63. The normalized spacial score (nSPS) is 11.2. The third-order valence-corrected chi connectivity index (χ3v) is 5.36. The van der Waals surface area contributed by atoms with Crippen molar-refractivity contribution in [3.05, 3.63) is 101 Å². The average molecular weight is 436 g/mol. The van der Waals surface area contributed by atoms with Gasteiger partial charge >= 0.3 is 0 Å². The van der Waals surface area contributed by atoms with Crippen LogP contribution in [0, 0.1) is 18.3 Å². The number of para-hydroxylation sites is 1. The molecule has 5 nitrogen and oxygen atoms in total. The monoisotopic (exact) mass is 435 g/mol. The molecule has 164 valence electrons. The van der Waals surface area contributed by atoms with Crippen LogP contribution < -0.4 is 10.1 Å². The number of hydrogen-bond donors (Lipinski definition) is 1. The molecule has 33 heavy (non-hydrogen) atoms. The highest BCUT2D eigenvalue weighted by Gasteiger charge is 2.13. The molecule has 0 aliphatic rings. The number of hydrogen-bond acceptors (Lipinski definition) is 3. The fourth-order valence-electron chi connectivity index (χ4n) is 3.74. The van der Waals surface area contributed by atoms with Crippen LogP contribution in [0.4, 0.5) is 5.69 Å². The lowest BCUT2D eigenvalue weighted by atomic mass is 10.1. The first-order valence-corrected chi connectivity index (χ1v) is 10.9. The third-order valence-electron chi connectivity index (χ3n) is 5.36. The van der Waals surface area contributed by atoms with E-state index in [-0.39, 0.29) is 5.57 Å². The lowest BCUT2D eigenvalue weighted by Crippen LogP contribution is -2.13. The number of aryl methyl sites for hydroxylation is 1. The number of nitriles is 1. The summed E-state index contributed by atoms with van der Waals surface area (Å²) in [6.45, 7) is 5.21. The second-order valence-electron chi connectivity index (χ2n) is 7.80. The molecular formula is C28H25N3O2. The van der Waals surface area contributed by atoms with Gasteiger partial charge in [-0.25, -0.2) is 0 Å². The SMILES string of the molecule is CCOc1cccc(NC(=O)/C(C#N)=C\c2cn(Cc3ccc(C)cc3)c3ccccc23)c1. The molecule has 0 radical (unpaired) electrons. The molecule has 4 rings (SSSR count). The van der Waals surface area contributed by atoms with E-state index in [2.05, 4.69) is 41.1 Å². The fraction of sp³-hybridized carbons (Fsp3) is 0.143. The van der Waals surface area contributed by atoms with Crippen molar-refractivity contribution in [3.63, 3.8) is 0 Å². The van der Waals surface area contributed by atoms with Crippen molar-refractivity contribution < 1.29 is 9.53 Å². The molecule has 0 bridgehead atoms. The van der Waals surface area contributed by atoms with Gasteiger partial charge in [-0.15, -0.1) is 0 Å². The van der Waals surface area contributed by atoms with E-state index < -0.39 is 5.91 Å². The maximum absolute atomic E-state index is 12.8. The van der Waals surface area contributed by atoms with Gasteiger partial charge in [-0.05, 0) is 43.7 Å². The van der Waals surface area contributed by atoms with E-state index in [0.717, 1.165) is 16.5 Å². The van der Waals surface area contributed by atoms with E-state index in [1.807, 2.05) is 49.5 Å². The van der Waals surface area contributed by atoms with Crippen LogP contribution in [-0.2, 0) is 11.3 Å². The zero-order valence-corrected chi connectivity index (χ0v) is 18.7. The predicted molar refractivity (Wildman–Crippen MR) is 132 cm³/mol. The van der Waals surface area contributed by atoms with Crippen molar-refractivity contribution in [1.82, 2.24) is 4.57 Å². The Kier molecular flexibility index (Phi) is 6.56. The topological polar surface area (TPSA) is 67.0 Å². The van der Waals surface area contributed by atoms with Crippen molar-refractivity contribution in [1.29, 1.82) is 5.26 Å². The summed E-state index contributed by atoms with van der Waals surface area (Å²) in [7, 11) is 0. The van der Waals surface area contributed by atoms with Gasteiger partial charge in [0.2, 0.25) is 0 Å². The molecule has 1 N–H and O–H groups in total. The molecule has 0 unspecified atom stereocenters. The number of ether oxygens (including phenoxy) is 1. The number of nitrogens with one attached hydrogen (secondary N) is 1. The molecule has 5 heteroatoms. The number of carbonyl (C=O) groups excluding carboxylic acids is 1. The number of fused-ring (bicyclic) bond motifs is 1. The summed E-state index contributed by atoms with van der Waals surface area (Å²) in [5, 5.41) is 13.5. The number of nitrogens with zero attached hydrogens (tertiary/aromatic N) is 2. The molecule has 3 aromatic carbocycles. The molecule has 0 atom stereocenters. The Morgan fingerprint density at radius 3 is 2.64 bits per heavy atom. The molecule has 1 amide bonds. The number of carbonyl (C=O) groups is 1. The highest BCUT2D eigenvalue weighted by atomic mass is 16.5. The Morgan fingerprint density at radius 2 is 1.88 bits per heavy atom. The van der Waals surface area contributed by atoms with Gasteiger partial charge in [-0.2, -0.15) is 5.26 Å². The number of rotatable bonds is 7. The lowest BCUT2D eigenvalue weighted by Gasteiger charge is -2.07. The maximum Gasteiger partial charge on any atom is 0.266 e. The second kappa shape index (κ2) is 9.88. The van der Waals surface area contributed by atoms with Gasteiger partial charge in [-0.3, -0.25) is 4.79 Å². The standard InChI is InChI=1S/C28H25N3O2/c1-3-33-25-8-6-7-24(16-25)30-28(32)22(17-29)15-23-19-31(27-10-5-4-9-26(23)27)18-21-13-11-20(2)12-14-21/h4-16,19H,3,18H2,1-2H3,(H,30,32)/b22-15-. The van der Waals surface area contributed by atoms with Crippen LogP contribution in [0.5, 0.6) is 5.75 Å². The van der Waals surface area contributed by atoms with Crippen LogP contribution in [0.15, 0.2) is 84.6 Å². The first-order chi connectivity index (χ1) is 16.1. The Morgan fingerprint density at radius 1 is 1.09 bits per heavy atom. The molecule has 1 aromatic heterocycles. The quantitative estimate of drug-likeness (QED) is 0.288. The Labute approximate surface area is 193 Å². The number of aromatic nitrogens is 1. The molecule has 1 heterocycles. The van der Waals surface area contributed by atoms with E-state index in [4.69, 9.17) is 4.74 Å². The van der Waals surface area contributed by atoms with Crippen LogP contribution in [-0.4, -0.2) is 17.1 Å². The summed E-state index contributed by atoms with van der Waals surface area (Å²) in [5.41, 5.74) is 4.89. The number of amides is 1. The number of anilines is 1. The molecule has 0 saturated carbocycles. The third kappa shape index (κ3) is 5.13. The summed E-state index contributed by atoms with van der Waals surface area (Å²) in [4.78, 5) is 12.8. The maximum atomic E-state index is 12.8. The minimum atomic E-state index is -0.457. The van der Waals surface area contributed by atoms with Gasteiger partial charge in [0.1, 0.15) is 17.4 Å². The largest absolute Gasteiger partial charge is 0.494 e. The first-order valence-electron chi connectivity index (χ1n) is 10.9. The molecule has 0 fully saturated rings. The zero-order chi connectivity index (χ0) is 23.2. The highest BCUT2D eigenvalue weighted by Crippen LogP contribution is 2.25. The second-order valence-corrected chi connectivity index (χ2v) is 7.80. The van der Waals surface area contributed by atoms with Crippen molar-refractivity contribution >= 4 is 28.6 Å². The minimum Gasteiger partial charge on any atom is -0.494 e. The van der Waals surface area contributed by atoms with Gasteiger partial charge in [0.15, 0.2) is 0 Å². The molecule has 0 aliphatic heterocycles. The molecule has 0 spiro atoms. The van der Waals surface area contributed by atoms with Gasteiger partial charge in [-0.1, -0.05) is 54.1 Å².